The molecule has 3 aromatic rings. The molecule has 0 saturated carbocycles. The van der Waals surface area contributed by atoms with Crippen LogP contribution in [0.2, 0.25) is 5.02 Å². The van der Waals surface area contributed by atoms with E-state index in [2.05, 4.69) is 20.9 Å². The molecule has 2 aromatic carbocycles. The van der Waals surface area contributed by atoms with E-state index in [-0.39, 0.29) is 0 Å². The number of amidine groups is 1. The maximum absolute atomic E-state index is 6.28. The van der Waals surface area contributed by atoms with Gasteiger partial charge < -0.3 is 9.88 Å². The third-order valence-electron chi connectivity index (χ3n) is 3.90. The van der Waals surface area contributed by atoms with Gasteiger partial charge in [0, 0.05) is 52.5 Å². The summed E-state index contributed by atoms with van der Waals surface area (Å²) in [6, 6.07) is 10.1. The van der Waals surface area contributed by atoms with Crippen LogP contribution in [0.1, 0.15) is 12.0 Å². The molecule has 4 nitrogen and oxygen atoms in total. The minimum atomic E-state index is 0.776. The van der Waals surface area contributed by atoms with Gasteiger partial charge in [0.25, 0.3) is 0 Å². The number of hydrogen-bond donors (Lipinski definition) is 1. The topological polar surface area (TPSA) is 42.2 Å². The number of nitrogens with zero attached hydrogens (tertiary/aromatic N) is 3. The van der Waals surface area contributed by atoms with Crippen LogP contribution in [0, 0.1) is 0 Å². The van der Waals surface area contributed by atoms with Gasteiger partial charge in [-0.1, -0.05) is 29.8 Å². The number of aliphatic imine (C=N–C) groups is 1. The first-order valence-corrected chi connectivity index (χ1v) is 7.69. The van der Waals surface area contributed by atoms with Crippen LogP contribution in [0.15, 0.2) is 54.0 Å². The van der Waals surface area contributed by atoms with Crippen LogP contribution in [0.4, 0.5) is 5.69 Å². The molecule has 110 valence electrons. The predicted molar refractivity (Wildman–Crippen MR) is 90.8 cm³/mol. The zero-order valence-corrected chi connectivity index (χ0v) is 12.7. The lowest BCUT2D eigenvalue weighted by atomic mass is 10.1. The standard InChI is InChI=1S/C17H15ClN4/c18-14-5-6-15-16-12(14)3-1-4-13(16)17(21-15)20-7-2-9-22-10-8-19-11-22/h1,3-6,8,10-11H,2,7,9H2,(H,20,21). The van der Waals surface area contributed by atoms with Gasteiger partial charge >= 0.3 is 0 Å². The van der Waals surface area contributed by atoms with Gasteiger partial charge in [-0.3, -0.25) is 4.99 Å². The summed E-state index contributed by atoms with van der Waals surface area (Å²) in [5.41, 5.74) is 2.22. The van der Waals surface area contributed by atoms with Crippen molar-refractivity contribution in [2.75, 3.05) is 11.9 Å². The van der Waals surface area contributed by atoms with Crippen molar-refractivity contribution in [1.29, 1.82) is 0 Å². The lowest BCUT2D eigenvalue weighted by Crippen LogP contribution is -2.08. The van der Waals surface area contributed by atoms with Gasteiger partial charge in [-0.15, -0.1) is 0 Å². The highest BCUT2D eigenvalue weighted by molar-refractivity contribution is 6.38. The van der Waals surface area contributed by atoms with Crippen LogP contribution in [0.3, 0.4) is 0 Å². The molecule has 1 aliphatic heterocycles. The summed E-state index contributed by atoms with van der Waals surface area (Å²) in [5.74, 6) is 0.938. The molecule has 5 heteroatoms. The fraction of sp³-hybridized carbons (Fsp3) is 0.176. The monoisotopic (exact) mass is 310 g/mol. The van der Waals surface area contributed by atoms with E-state index in [9.17, 15) is 0 Å². The average molecular weight is 311 g/mol. The molecule has 2 heterocycles. The highest BCUT2D eigenvalue weighted by atomic mass is 35.5. The van der Waals surface area contributed by atoms with Gasteiger partial charge in [0.05, 0.1) is 6.33 Å². The molecule has 22 heavy (non-hydrogen) atoms. The van der Waals surface area contributed by atoms with E-state index >= 15 is 0 Å². The van der Waals surface area contributed by atoms with E-state index in [1.165, 1.54) is 5.39 Å². The van der Waals surface area contributed by atoms with E-state index in [1.54, 1.807) is 6.20 Å². The highest BCUT2D eigenvalue weighted by Crippen LogP contribution is 2.36. The molecule has 0 amide bonds. The van der Waals surface area contributed by atoms with Crippen LogP contribution < -0.4 is 5.32 Å². The van der Waals surface area contributed by atoms with Crippen LogP contribution in [-0.4, -0.2) is 21.9 Å². The van der Waals surface area contributed by atoms with Crippen molar-refractivity contribution in [2.24, 2.45) is 4.99 Å². The number of hydrogen-bond acceptors (Lipinski definition) is 2. The van der Waals surface area contributed by atoms with Crippen LogP contribution in [0.25, 0.3) is 10.8 Å². The van der Waals surface area contributed by atoms with E-state index in [4.69, 9.17) is 16.6 Å². The van der Waals surface area contributed by atoms with Gasteiger partial charge in [-0.05, 0) is 18.6 Å². The Labute approximate surface area is 133 Å². The minimum Gasteiger partial charge on any atom is -0.339 e. The smallest absolute Gasteiger partial charge is 0.133 e. The normalized spacial score (nSPS) is 14.7. The Hall–Kier alpha value is -2.33. The number of halogens is 1. The second-order valence-electron chi connectivity index (χ2n) is 5.33. The number of anilines is 1. The number of benzene rings is 2. The first kappa shape index (κ1) is 13.3. The van der Waals surface area contributed by atoms with Crippen LogP contribution >= 0.6 is 11.6 Å². The Kier molecular flexibility index (Phi) is 3.31. The Morgan fingerprint density at radius 3 is 3.05 bits per heavy atom. The third-order valence-corrected chi connectivity index (χ3v) is 4.23. The molecule has 1 N–H and O–H groups in total. The largest absolute Gasteiger partial charge is 0.339 e. The zero-order valence-electron chi connectivity index (χ0n) is 12.0. The van der Waals surface area contributed by atoms with Crippen molar-refractivity contribution in [3.63, 3.8) is 0 Å². The SMILES string of the molecule is Clc1ccc2c3c(cccc13)C(=NCCCn1ccnc1)N2. The van der Waals surface area contributed by atoms with Crippen LogP contribution in [0.5, 0.6) is 0 Å². The van der Waals surface area contributed by atoms with Gasteiger partial charge in [-0.25, -0.2) is 4.98 Å². The van der Waals surface area contributed by atoms with Gasteiger partial charge in [-0.2, -0.15) is 0 Å². The lowest BCUT2D eigenvalue weighted by Gasteiger charge is -2.02. The Morgan fingerprint density at radius 1 is 1.23 bits per heavy atom. The third kappa shape index (κ3) is 2.25. The molecule has 0 radical (unpaired) electrons. The van der Waals surface area contributed by atoms with E-state index < -0.39 is 0 Å². The molecule has 0 fully saturated rings. The summed E-state index contributed by atoms with van der Waals surface area (Å²) in [7, 11) is 0. The summed E-state index contributed by atoms with van der Waals surface area (Å²) in [6.07, 6.45) is 6.58. The maximum atomic E-state index is 6.28. The van der Waals surface area contributed by atoms with Crippen molar-refractivity contribution in [2.45, 2.75) is 13.0 Å². The molecule has 0 bridgehead atoms. The van der Waals surface area contributed by atoms with Gasteiger partial charge in [0.1, 0.15) is 5.84 Å². The van der Waals surface area contributed by atoms with Crippen molar-refractivity contribution >= 4 is 33.9 Å². The highest BCUT2D eigenvalue weighted by Gasteiger charge is 2.20. The minimum absolute atomic E-state index is 0.776. The zero-order chi connectivity index (χ0) is 14.9. The number of imidazole rings is 1. The lowest BCUT2D eigenvalue weighted by molar-refractivity contribution is 0.651. The first-order chi connectivity index (χ1) is 10.8. The van der Waals surface area contributed by atoms with Gasteiger partial charge in [0.2, 0.25) is 0 Å². The summed E-state index contributed by atoms with van der Waals surface area (Å²) >= 11 is 6.28. The molecular weight excluding hydrogens is 296 g/mol. The molecule has 1 aromatic heterocycles. The average Bonchev–Trinajstić information content (AvgIpc) is 3.17. The van der Waals surface area contributed by atoms with Gasteiger partial charge in [0.15, 0.2) is 0 Å². The maximum Gasteiger partial charge on any atom is 0.133 e. The Balaban J connectivity index is 1.56. The molecule has 0 atom stereocenters. The number of aromatic nitrogens is 2. The molecule has 0 saturated heterocycles. The van der Waals surface area contributed by atoms with E-state index in [0.29, 0.717) is 0 Å². The fourth-order valence-corrected chi connectivity index (χ4v) is 3.08. The van der Waals surface area contributed by atoms with Crippen LogP contribution in [-0.2, 0) is 6.54 Å². The summed E-state index contributed by atoms with van der Waals surface area (Å²) in [4.78, 5) is 8.76. The Morgan fingerprint density at radius 2 is 2.18 bits per heavy atom. The number of rotatable bonds is 4. The van der Waals surface area contributed by atoms with E-state index in [1.807, 2.05) is 36.8 Å². The summed E-state index contributed by atoms with van der Waals surface area (Å²) in [5, 5.41) is 6.43. The van der Waals surface area contributed by atoms with Crippen molar-refractivity contribution < 1.29 is 0 Å². The van der Waals surface area contributed by atoms with E-state index in [0.717, 1.165) is 47.0 Å². The second kappa shape index (κ2) is 5.46. The first-order valence-electron chi connectivity index (χ1n) is 7.32. The van der Waals surface area contributed by atoms with Crippen molar-refractivity contribution in [3.8, 4) is 0 Å². The van der Waals surface area contributed by atoms with Crippen molar-refractivity contribution in [3.05, 3.63) is 59.6 Å². The molecule has 0 unspecified atom stereocenters. The molecule has 0 spiro atoms. The molecule has 1 aliphatic rings. The summed E-state index contributed by atoms with van der Waals surface area (Å²) in [6.45, 7) is 1.71. The molecular formula is C17H15ClN4. The molecule has 4 rings (SSSR count). The fourth-order valence-electron chi connectivity index (χ4n) is 2.86. The number of aryl methyl sites for hydroxylation is 1. The summed E-state index contributed by atoms with van der Waals surface area (Å²) < 4.78 is 2.07. The quantitative estimate of drug-likeness (QED) is 0.741. The Bertz CT molecular complexity index is 852. The van der Waals surface area contributed by atoms with Crippen molar-refractivity contribution in [1.82, 2.24) is 9.55 Å². The predicted octanol–water partition coefficient (Wildman–Crippen LogP) is 3.95. The second-order valence-corrected chi connectivity index (χ2v) is 5.74. The molecule has 0 aliphatic carbocycles. The number of nitrogens with one attached hydrogen (secondary N) is 1.